The van der Waals surface area contributed by atoms with Gasteiger partial charge < -0.3 is 10.6 Å². The maximum atomic E-state index is 12.7. The van der Waals surface area contributed by atoms with Crippen LogP contribution in [0.25, 0.3) is 11.1 Å². The molecule has 1 aliphatic heterocycles. The first kappa shape index (κ1) is 16.2. The Kier molecular flexibility index (Phi) is 4.65. The normalized spacial score (nSPS) is 15.3. The zero-order chi connectivity index (χ0) is 17.1. The Morgan fingerprint density at radius 3 is 2.08 bits per heavy atom. The molecule has 2 aromatic carbocycles. The van der Waals surface area contributed by atoms with E-state index >= 15 is 0 Å². The number of carbonyl (C=O) groups is 2. The number of hydrogen-bond acceptors (Lipinski definition) is 2. The molecule has 2 N–H and O–H groups in total. The molecule has 1 saturated heterocycles. The lowest BCUT2D eigenvalue weighted by molar-refractivity contribution is 0.0697. The number of piperidine rings is 1. The monoisotopic (exact) mass is 322 g/mol. The van der Waals surface area contributed by atoms with Gasteiger partial charge in [0.25, 0.3) is 5.91 Å². The SMILES string of the molecule is CC1CCN(C(=O)c2cccc(-c3cccc(C(N)=O)c3)c2)CC1. The van der Waals surface area contributed by atoms with Crippen molar-refractivity contribution in [2.24, 2.45) is 11.7 Å². The van der Waals surface area contributed by atoms with E-state index in [0.29, 0.717) is 17.0 Å². The lowest BCUT2D eigenvalue weighted by Crippen LogP contribution is -2.37. The van der Waals surface area contributed by atoms with E-state index in [9.17, 15) is 9.59 Å². The Bertz CT molecular complexity index is 762. The first-order valence-corrected chi connectivity index (χ1v) is 8.34. The molecule has 0 atom stereocenters. The van der Waals surface area contributed by atoms with Crippen molar-refractivity contribution in [1.82, 2.24) is 4.90 Å². The van der Waals surface area contributed by atoms with Crippen LogP contribution in [0.1, 0.15) is 40.5 Å². The summed E-state index contributed by atoms with van der Waals surface area (Å²) in [6.45, 7) is 3.87. The molecule has 0 radical (unpaired) electrons. The van der Waals surface area contributed by atoms with Gasteiger partial charge in [-0.05, 0) is 54.2 Å². The Labute approximate surface area is 142 Å². The van der Waals surface area contributed by atoms with Crippen molar-refractivity contribution in [2.75, 3.05) is 13.1 Å². The second-order valence-corrected chi connectivity index (χ2v) is 6.50. The molecule has 1 aliphatic rings. The molecule has 2 amide bonds. The standard InChI is InChI=1S/C20H22N2O2/c1-14-8-10-22(11-9-14)20(24)18-7-3-5-16(13-18)15-4-2-6-17(12-15)19(21)23/h2-7,12-14H,8-11H2,1H3,(H2,21,23). The predicted octanol–water partition coefficient (Wildman–Crippen LogP) is 3.32. The molecule has 1 heterocycles. The zero-order valence-electron chi connectivity index (χ0n) is 13.9. The molecule has 0 spiro atoms. The van der Waals surface area contributed by atoms with Crippen LogP contribution in [0.2, 0.25) is 0 Å². The summed E-state index contributed by atoms with van der Waals surface area (Å²) >= 11 is 0. The van der Waals surface area contributed by atoms with Crippen molar-refractivity contribution in [2.45, 2.75) is 19.8 Å². The van der Waals surface area contributed by atoms with Crippen LogP contribution in [-0.4, -0.2) is 29.8 Å². The van der Waals surface area contributed by atoms with Gasteiger partial charge in [-0.25, -0.2) is 0 Å². The summed E-state index contributed by atoms with van der Waals surface area (Å²) in [4.78, 5) is 26.0. The third-order valence-electron chi connectivity index (χ3n) is 4.66. The Morgan fingerprint density at radius 2 is 1.50 bits per heavy atom. The highest BCUT2D eigenvalue weighted by atomic mass is 16.2. The molecule has 2 aromatic rings. The lowest BCUT2D eigenvalue weighted by atomic mass is 9.97. The average Bonchev–Trinajstić information content (AvgIpc) is 2.62. The minimum absolute atomic E-state index is 0.0785. The summed E-state index contributed by atoms with van der Waals surface area (Å²) in [7, 11) is 0. The van der Waals surface area contributed by atoms with Crippen LogP contribution in [0.3, 0.4) is 0 Å². The average molecular weight is 322 g/mol. The molecule has 0 saturated carbocycles. The van der Waals surface area contributed by atoms with E-state index in [1.807, 2.05) is 35.2 Å². The molecule has 0 unspecified atom stereocenters. The van der Waals surface area contributed by atoms with E-state index in [1.165, 1.54) is 0 Å². The maximum absolute atomic E-state index is 12.7. The van der Waals surface area contributed by atoms with Crippen molar-refractivity contribution < 1.29 is 9.59 Å². The fraction of sp³-hybridized carbons (Fsp3) is 0.300. The molecule has 4 heteroatoms. The fourth-order valence-corrected chi connectivity index (χ4v) is 3.08. The molecule has 0 bridgehead atoms. The number of likely N-dealkylation sites (tertiary alicyclic amines) is 1. The quantitative estimate of drug-likeness (QED) is 0.942. The topological polar surface area (TPSA) is 63.4 Å². The molecule has 0 aliphatic carbocycles. The van der Waals surface area contributed by atoms with E-state index < -0.39 is 5.91 Å². The van der Waals surface area contributed by atoms with Crippen LogP contribution in [0.5, 0.6) is 0 Å². The van der Waals surface area contributed by atoms with Gasteiger partial charge in [0.05, 0.1) is 0 Å². The summed E-state index contributed by atoms with van der Waals surface area (Å²) in [6.07, 6.45) is 2.12. The number of carbonyl (C=O) groups excluding carboxylic acids is 2. The smallest absolute Gasteiger partial charge is 0.253 e. The van der Waals surface area contributed by atoms with Gasteiger partial charge >= 0.3 is 0 Å². The largest absolute Gasteiger partial charge is 0.366 e. The van der Waals surface area contributed by atoms with Crippen LogP contribution < -0.4 is 5.73 Å². The van der Waals surface area contributed by atoms with E-state index in [4.69, 9.17) is 5.73 Å². The number of benzene rings is 2. The minimum Gasteiger partial charge on any atom is -0.366 e. The van der Waals surface area contributed by atoms with Gasteiger partial charge in [-0.1, -0.05) is 31.2 Å². The van der Waals surface area contributed by atoms with Gasteiger partial charge in [0.1, 0.15) is 0 Å². The minimum atomic E-state index is -0.452. The number of amides is 2. The highest BCUT2D eigenvalue weighted by molar-refractivity contribution is 5.96. The van der Waals surface area contributed by atoms with Crippen molar-refractivity contribution in [3.63, 3.8) is 0 Å². The number of rotatable bonds is 3. The summed E-state index contributed by atoms with van der Waals surface area (Å²) in [6, 6.07) is 14.7. The van der Waals surface area contributed by atoms with E-state index in [2.05, 4.69) is 6.92 Å². The van der Waals surface area contributed by atoms with E-state index in [1.54, 1.807) is 18.2 Å². The van der Waals surface area contributed by atoms with Crippen LogP contribution in [0.15, 0.2) is 48.5 Å². The third kappa shape index (κ3) is 3.48. The number of primary amides is 1. The number of hydrogen-bond donors (Lipinski definition) is 1. The first-order chi connectivity index (χ1) is 11.5. The first-order valence-electron chi connectivity index (χ1n) is 8.34. The Balaban J connectivity index is 1.85. The molecule has 3 rings (SSSR count). The highest BCUT2D eigenvalue weighted by Crippen LogP contribution is 2.23. The second-order valence-electron chi connectivity index (χ2n) is 6.50. The predicted molar refractivity (Wildman–Crippen MR) is 94.7 cm³/mol. The van der Waals surface area contributed by atoms with Gasteiger partial charge in [-0.2, -0.15) is 0 Å². The van der Waals surface area contributed by atoms with Gasteiger partial charge in [0.15, 0.2) is 0 Å². The van der Waals surface area contributed by atoms with Gasteiger partial charge in [0.2, 0.25) is 5.91 Å². The zero-order valence-corrected chi connectivity index (χ0v) is 13.9. The van der Waals surface area contributed by atoms with Crippen LogP contribution in [-0.2, 0) is 0 Å². The molecule has 4 nitrogen and oxygen atoms in total. The second kappa shape index (κ2) is 6.87. The molecular formula is C20H22N2O2. The van der Waals surface area contributed by atoms with Gasteiger partial charge in [-0.3, -0.25) is 9.59 Å². The van der Waals surface area contributed by atoms with Crippen molar-refractivity contribution in [3.05, 3.63) is 59.7 Å². The Morgan fingerprint density at radius 1 is 0.958 bits per heavy atom. The van der Waals surface area contributed by atoms with E-state index in [0.717, 1.165) is 37.1 Å². The highest BCUT2D eigenvalue weighted by Gasteiger charge is 2.21. The Hall–Kier alpha value is -2.62. The molecule has 124 valence electrons. The molecule has 24 heavy (non-hydrogen) atoms. The van der Waals surface area contributed by atoms with E-state index in [-0.39, 0.29) is 5.91 Å². The van der Waals surface area contributed by atoms with Crippen molar-refractivity contribution in [3.8, 4) is 11.1 Å². The molecule has 1 fully saturated rings. The summed E-state index contributed by atoms with van der Waals surface area (Å²) in [5, 5.41) is 0. The summed E-state index contributed by atoms with van der Waals surface area (Å²) < 4.78 is 0. The van der Waals surface area contributed by atoms with Crippen LogP contribution >= 0.6 is 0 Å². The summed E-state index contributed by atoms with van der Waals surface area (Å²) in [5.74, 6) is 0.318. The lowest BCUT2D eigenvalue weighted by Gasteiger charge is -2.30. The maximum Gasteiger partial charge on any atom is 0.253 e. The van der Waals surface area contributed by atoms with Crippen LogP contribution in [0.4, 0.5) is 0 Å². The molecule has 0 aromatic heterocycles. The van der Waals surface area contributed by atoms with Crippen LogP contribution in [0, 0.1) is 5.92 Å². The van der Waals surface area contributed by atoms with Crippen molar-refractivity contribution in [1.29, 1.82) is 0 Å². The summed E-state index contributed by atoms with van der Waals surface area (Å²) in [5.41, 5.74) is 8.30. The fourth-order valence-electron chi connectivity index (χ4n) is 3.08. The third-order valence-corrected chi connectivity index (χ3v) is 4.66. The number of nitrogens with zero attached hydrogens (tertiary/aromatic N) is 1. The molecular weight excluding hydrogens is 300 g/mol. The number of nitrogens with two attached hydrogens (primary N) is 1. The van der Waals surface area contributed by atoms with Crippen molar-refractivity contribution >= 4 is 11.8 Å². The van der Waals surface area contributed by atoms with Gasteiger partial charge in [0, 0.05) is 24.2 Å². The van der Waals surface area contributed by atoms with Gasteiger partial charge in [-0.15, -0.1) is 0 Å².